The molecule has 20 heavy (non-hydrogen) atoms. The lowest BCUT2D eigenvalue weighted by atomic mass is 10.1. The number of halogens is 2. The molecule has 3 atom stereocenters. The molecule has 1 aromatic carbocycles. The van der Waals surface area contributed by atoms with Crippen LogP contribution in [0.1, 0.15) is 18.1 Å². The molecule has 3 unspecified atom stereocenters. The Kier molecular flexibility index (Phi) is 5.23. The monoisotopic (exact) mass is 318 g/mol. The van der Waals surface area contributed by atoms with Gasteiger partial charge >= 0.3 is 0 Å². The van der Waals surface area contributed by atoms with Crippen molar-refractivity contribution < 1.29 is 15.0 Å². The van der Waals surface area contributed by atoms with Crippen LogP contribution in [0.5, 0.6) is 0 Å². The molecular weight excluding hydrogens is 303 g/mol. The SMILES string of the molecule is O=C(NCC(O)c1cc(Cl)cc(Cl)c1)C1CC(O)CN1. The smallest absolute Gasteiger partial charge is 0.237 e. The van der Waals surface area contributed by atoms with E-state index in [4.69, 9.17) is 23.2 Å². The summed E-state index contributed by atoms with van der Waals surface area (Å²) in [6.07, 6.45) is -1.01. The molecule has 1 fully saturated rings. The van der Waals surface area contributed by atoms with Gasteiger partial charge in [-0.15, -0.1) is 0 Å². The average molecular weight is 319 g/mol. The minimum Gasteiger partial charge on any atom is -0.392 e. The molecule has 1 aliphatic heterocycles. The van der Waals surface area contributed by atoms with E-state index in [0.29, 0.717) is 28.6 Å². The Morgan fingerprint density at radius 3 is 2.60 bits per heavy atom. The molecule has 1 saturated heterocycles. The maximum atomic E-state index is 11.8. The standard InChI is InChI=1S/C13H16Cl2N2O3/c14-8-1-7(2-9(15)3-8)12(19)6-17-13(20)11-4-10(18)5-16-11/h1-3,10-12,16,18-19H,4-6H2,(H,17,20). The van der Waals surface area contributed by atoms with E-state index in [1.54, 1.807) is 18.2 Å². The zero-order valence-electron chi connectivity index (χ0n) is 10.6. The van der Waals surface area contributed by atoms with Gasteiger partial charge in [-0.25, -0.2) is 0 Å². The van der Waals surface area contributed by atoms with Crippen molar-refractivity contribution in [1.82, 2.24) is 10.6 Å². The minimum atomic E-state index is -0.888. The van der Waals surface area contributed by atoms with Gasteiger partial charge in [0, 0.05) is 23.1 Å². The highest BCUT2D eigenvalue weighted by molar-refractivity contribution is 6.34. The summed E-state index contributed by atoms with van der Waals surface area (Å²) in [6.45, 7) is 0.467. The molecule has 0 spiro atoms. The highest BCUT2D eigenvalue weighted by Crippen LogP contribution is 2.23. The van der Waals surface area contributed by atoms with Gasteiger partial charge in [0.1, 0.15) is 0 Å². The second kappa shape index (κ2) is 6.74. The quantitative estimate of drug-likeness (QED) is 0.664. The molecule has 1 amide bonds. The number of hydrogen-bond donors (Lipinski definition) is 4. The highest BCUT2D eigenvalue weighted by atomic mass is 35.5. The molecule has 0 saturated carbocycles. The fourth-order valence-electron chi connectivity index (χ4n) is 2.12. The number of β-amino-alcohol motifs (C(OH)–C–C–N with tert-alkyl or cyclic N) is 1. The van der Waals surface area contributed by atoms with E-state index in [9.17, 15) is 15.0 Å². The van der Waals surface area contributed by atoms with Crippen LogP contribution in [-0.4, -0.2) is 41.4 Å². The molecule has 0 aliphatic carbocycles. The normalized spacial score (nSPS) is 23.6. The summed E-state index contributed by atoms with van der Waals surface area (Å²) in [6, 6.07) is 4.35. The molecule has 0 bridgehead atoms. The van der Waals surface area contributed by atoms with E-state index in [0.717, 1.165) is 0 Å². The molecule has 2 rings (SSSR count). The Hall–Kier alpha value is -0.850. The summed E-state index contributed by atoms with van der Waals surface area (Å²) >= 11 is 11.7. The summed E-state index contributed by atoms with van der Waals surface area (Å²) in [5, 5.41) is 25.7. The number of hydrogen-bond acceptors (Lipinski definition) is 4. The molecule has 110 valence electrons. The Bertz CT molecular complexity index is 478. The van der Waals surface area contributed by atoms with E-state index < -0.39 is 18.2 Å². The summed E-state index contributed by atoms with van der Waals surface area (Å²) in [5.41, 5.74) is 0.544. The Balaban J connectivity index is 1.88. The van der Waals surface area contributed by atoms with Gasteiger partial charge in [0.05, 0.1) is 18.2 Å². The highest BCUT2D eigenvalue weighted by Gasteiger charge is 2.28. The third-order valence-corrected chi connectivity index (χ3v) is 3.60. The Morgan fingerprint density at radius 2 is 2.05 bits per heavy atom. The largest absolute Gasteiger partial charge is 0.392 e. The molecule has 4 N–H and O–H groups in total. The number of benzene rings is 1. The van der Waals surface area contributed by atoms with Crippen LogP contribution in [0.2, 0.25) is 10.0 Å². The molecule has 1 aromatic rings. The minimum absolute atomic E-state index is 0.0593. The molecule has 0 aromatic heterocycles. The van der Waals surface area contributed by atoms with E-state index in [2.05, 4.69) is 10.6 Å². The maximum Gasteiger partial charge on any atom is 0.237 e. The summed E-state index contributed by atoms with van der Waals surface area (Å²) in [7, 11) is 0. The molecule has 1 heterocycles. The first-order chi connectivity index (χ1) is 9.45. The summed E-state index contributed by atoms with van der Waals surface area (Å²) in [5.74, 6) is -0.242. The predicted octanol–water partition coefficient (Wildman–Crippen LogP) is 0.866. The predicted molar refractivity (Wildman–Crippen MR) is 76.8 cm³/mol. The van der Waals surface area contributed by atoms with E-state index in [-0.39, 0.29) is 12.5 Å². The van der Waals surface area contributed by atoms with Gasteiger partial charge in [0.2, 0.25) is 5.91 Å². The van der Waals surface area contributed by atoms with Crippen molar-refractivity contribution >= 4 is 29.1 Å². The molecular formula is C13H16Cl2N2O3. The first-order valence-electron chi connectivity index (χ1n) is 6.29. The lowest BCUT2D eigenvalue weighted by molar-refractivity contribution is -0.123. The number of rotatable bonds is 4. The number of carbonyl (C=O) groups excluding carboxylic acids is 1. The third kappa shape index (κ3) is 4.07. The lowest BCUT2D eigenvalue weighted by Crippen LogP contribution is -2.41. The van der Waals surface area contributed by atoms with Crippen LogP contribution in [0.4, 0.5) is 0 Å². The van der Waals surface area contributed by atoms with Gasteiger partial charge in [-0.1, -0.05) is 23.2 Å². The van der Waals surface area contributed by atoms with Gasteiger partial charge in [0.25, 0.3) is 0 Å². The van der Waals surface area contributed by atoms with E-state index in [1.165, 1.54) is 0 Å². The second-order valence-corrected chi connectivity index (χ2v) is 5.69. The van der Waals surface area contributed by atoms with Crippen LogP contribution in [0.3, 0.4) is 0 Å². The Labute approximate surface area is 126 Å². The van der Waals surface area contributed by atoms with Crippen LogP contribution in [0, 0.1) is 0 Å². The zero-order valence-corrected chi connectivity index (χ0v) is 12.2. The third-order valence-electron chi connectivity index (χ3n) is 3.16. The van der Waals surface area contributed by atoms with Crippen LogP contribution in [-0.2, 0) is 4.79 Å². The zero-order chi connectivity index (χ0) is 14.7. The fourth-order valence-corrected chi connectivity index (χ4v) is 2.67. The first-order valence-corrected chi connectivity index (χ1v) is 7.04. The fraction of sp³-hybridized carbons (Fsp3) is 0.462. The first kappa shape index (κ1) is 15.5. The molecule has 5 nitrogen and oxygen atoms in total. The van der Waals surface area contributed by atoms with Crippen molar-refractivity contribution in [1.29, 1.82) is 0 Å². The van der Waals surface area contributed by atoms with Crippen LogP contribution < -0.4 is 10.6 Å². The lowest BCUT2D eigenvalue weighted by Gasteiger charge is -2.15. The van der Waals surface area contributed by atoms with Gasteiger partial charge in [-0.05, 0) is 30.2 Å². The number of aliphatic hydroxyl groups is 2. The van der Waals surface area contributed by atoms with Crippen molar-refractivity contribution in [3.8, 4) is 0 Å². The van der Waals surface area contributed by atoms with Gasteiger partial charge in [-0.2, -0.15) is 0 Å². The van der Waals surface area contributed by atoms with Crippen molar-refractivity contribution in [2.75, 3.05) is 13.1 Å². The summed E-state index contributed by atoms with van der Waals surface area (Å²) in [4.78, 5) is 11.8. The number of aliphatic hydroxyl groups excluding tert-OH is 2. The van der Waals surface area contributed by atoms with E-state index in [1.807, 2.05) is 0 Å². The van der Waals surface area contributed by atoms with Gasteiger partial charge < -0.3 is 20.8 Å². The van der Waals surface area contributed by atoms with Crippen LogP contribution in [0.25, 0.3) is 0 Å². The Morgan fingerprint density at radius 1 is 1.40 bits per heavy atom. The van der Waals surface area contributed by atoms with Crippen molar-refractivity contribution in [2.45, 2.75) is 24.7 Å². The van der Waals surface area contributed by atoms with Crippen molar-refractivity contribution in [2.24, 2.45) is 0 Å². The van der Waals surface area contributed by atoms with Gasteiger partial charge in [0.15, 0.2) is 0 Å². The van der Waals surface area contributed by atoms with Crippen LogP contribution >= 0.6 is 23.2 Å². The maximum absolute atomic E-state index is 11.8. The average Bonchev–Trinajstić information content (AvgIpc) is 2.81. The number of nitrogens with one attached hydrogen (secondary N) is 2. The van der Waals surface area contributed by atoms with Crippen molar-refractivity contribution in [3.05, 3.63) is 33.8 Å². The van der Waals surface area contributed by atoms with E-state index >= 15 is 0 Å². The topological polar surface area (TPSA) is 81.6 Å². The number of carbonyl (C=O) groups is 1. The van der Waals surface area contributed by atoms with Gasteiger partial charge in [-0.3, -0.25) is 4.79 Å². The van der Waals surface area contributed by atoms with Crippen molar-refractivity contribution in [3.63, 3.8) is 0 Å². The molecule has 7 heteroatoms. The summed E-state index contributed by atoms with van der Waals surface area (Å²) < 4.78 is 0. The molecule has 0 radical (unpaired) electrons. The second-order valence-electron chi connectivity index (χ2n) is 4.81. The molecule has 1 aliphatic rings. The van der Waals surface area contributed by atoms with Crippen LogP contribution in [0.15, 0.2) is 18.2 Å². The number of amides is 1.